The van der Waals surface area contributed by atoms with Gasteiger partial charge in [0.2, 0.25) is 11.6 Å². The van der Waals surface area contributed by atoms with Crippen molar-refractivity contribution in [3.63, 3.8) is 0 Å². The van der Waals surface area contributed by atoms with Gasteiger partial charge in [-0.15, -0.1) is 24.0 Å². The van der Waals surface area contributed by atoms with Crippen LogP contribution >= 0.6 is 24.0 Å². The number of guanidine groups is 1. The minimum atomic E-state index is 0. The number of halogens is 1. The van der Waals surface area contributed by atoms with Gasteiger partial charge >= 0.3 is 0 Å². The molecule has 1 heterocycles. The lowest BCUT2D eigenvalue weighted by Crippen LogP contribution is -2.36. The number of nitrogens with one attached hydrogen (secondary N) is 2. The largest absolute Gasteiger partial charge is 0.493 e. The topological polar surface area (TPSA) is 77.0 Å². The number of hydrogen-bond donors (Lipinski definition) is 2. The number of methoxy groups -OCH3 is 2. The molecule has 32 heavy (non-hydrogen) atoms. The van der Waals surface area contributed by atoms with Crippen molar-refractivity contribution in [2.24, 2.45) is 4.99 Å². The molecule has 2 aromatic carbocycles. The first-order valence-corrected chi connectivity index (χ1v) is 9.96. The van der Waals surface area contributed by atoms with Crippen molar-refractivity contribution in [3.8, 4) is 23.1 Å². The van der Waals surface area contributed by atoms with Gasteiger partial charge in [0.15, 0.2) is 17.5 Å². The molecule has 0 aliphatic heterocycles. The number of pyridine rings is 1. The average Bonchev–Trinajstić information content (AvgIpc) is 2.81. The van der Waals surface area contributed by atoms with Crippen LogP contribution in [0.5, 0.6) is 23.1 Å². The zero-order valence-corrected chi connectivity index (χ0v) is 21.0. The molecule has 0 aliphatic rings. The fourth-order valence-electron chi connectivity index (χ4n) is 2.90. The first-order chi connectivity index (χ1) is 15.1. The van der Waals surface area contributed by atoms with Gasteiger partial charge in [-0.25, -0.2) is 4.98 Å². The summed E-state index contributed by atoms with van der Waals surface area (Å²) >= 11 is 0. The van der Waals surface area contributed by atoms with Gasteiger partial charge in [0, 0.05) is 32.4 Å². The number of rotatable bonds is 8. The molecule has 0 unspecified atom stereocenters. The lowest BCUT2D eigenvalue weighted by molar-refractivity contribution is 0.342. The second-order valence-corrected chi connectivity index (χ2v) is 6.86. The van der Waals surface area contributed by atoms with Crippen LogP contribution in [0.1, 0.15) is 16.7 Å². The van der Waals surface area contributed by atoms with Gasteiger partial charge in [0.05, 0.1) is 14.2 Å². The van der Waals surface area contributed by atoms with E-state index in [1.54, 1.807) is 27.5 Å². The van der Waals surface area contributed by atoms with E-state index in [2.05, 4.69) is 51.8 Å². The van der Waals surface area contributed by atoms with Crippen molar-refractivity contribution in [2.45, 2.75) is 20.0 Å². The number of benzene rings is 2. The van der Waals surface area contributed by atoms with Gasteiger partial charge in [-0.1, -0.05) is 42.0 Å². The van der Waals surface area contributed by atoms with Crippen molar-refractivity contribution in [3.05, 3.63) is 77.5 Å². The summed E-state index contributed by atoms with van der Waals surface area (Å²) in [5.41, 5.74) is 3.44. The van der Waals surface area contributed by atoms with E-state index in [4.69, 9.17) is 14.2 Å². The summed E-state index contributed by atoms with van der Waals surface area (Å²) in [4.78, 5) is 8.67. The fraction of sp³-hybridized carbons (Fsp3) is 0.250. The Bertz CT molecular complexity index is 987. The molecule has 0 saturated carbocycles. The first kappa shape index (κ1) is 25.3. The summed E-state index contributed by atoms with van der Waals surface area (Å²) in [5.74, 6) is 2.82. The standard InChI is InChI=1S/C24H28N4O3.HI/c1-17-8-10-18(11-9-17)14-27-24(25-2)28-16-19-12-13-22(26-15-19)31-23-20(29-3)6-5-7-21(23)30-4;/h5-13,15H,14,16H2,1-4H3,(H2,25,27,28);1H. The fourth-order valence-corrected chi connectivity index (χ4v) is 2.90. The predicted molar refractivity (Wildman–Crippen MR) is 137 cm³/mol. The molecule has 2 N–H and O–H groups in total. The molecular weight excluding hydrogens is 519 g/mol. The normalized spacial score (nSPS) is 10.7. The van der Waals surface area contributed by atoms with E-state index in [1.807, 2.05) is 30.3 Å². The van der Waals surface area contributed by atoms with E-state index in [0.717, 1.165) is 11.5 Å². The second-order valence-electron chi connectivity index (χ2n) is 6.86. The summed E-state index contributed by atoms with van der Waals surface area (Å²) < 4.78 is 16.6. The molecule has 7 nitrogen and oxygen atoms in total. The molecule has 0 aliphatic carbocycles. The quantitative estimate of drug-likeness (QED) is 0.242. The number of aromatic nitrogens is 1. The van der Waals surface area contributed by atoms with Crippen LogP contribution in [-0.2, 0) is 13.1 Å². The number of aryl methyl sites for hydroxylation is 1. The molecule has 0 fully saturated rings. The van der Waals surface area contributed by atoms with Crippen LogP contribution in [0.2, 0.25) is 0 Å². The molecule has 0 spiro atoms. The van der Waals surface area contributed by atoms with Crippen molar-refractivity contribution in [1.82, 2.24) is 15.6 Å². The summed E-state index contributed by atoms with van der Waals surface area (Å²) in [7, 11) is 4.92. The number of nitrogens with zero attached hydrogens (tertiary/aromatic N) is 2. The summed E-state index contributed by atoms with van der Waals surface area (Å²) in [6, 6.07) is 17.6. The number of aliphatic imine (C=N–C) groups is 1. The lowest BCUT2D eigenvalue weighted by Gasteiger charge is -2.14. The number of hydrogen-bond acceptors (Lipinski definition) is 5. The SMILES string of the molecule is CN=C(NCc1ccc(C)cc1)NCc1ccc(Oc2c(OC)cccc2OC)nc1.I. The third-order valence-electron chi connectivity index (χ3n) is 4.65. The maximum atomic E-state index is 5.90. The van der Waals surface area contributed by atoms with Crippen molar-refractivity contribution in [1.29, 1.82) is 0 Å². The van der Waals surface area contributed by atoms with E-state index >= 15 is 0 Å². The molecular formula is C24H29IN4O3. The minimum absolute atomic E-state index is 0. The molecule has 0 bridgehead atoms. The van der Waals surface area contributed by atoms with E-state index in [9.17, 15) is 0 Å². The molecule has 0 atom stereocenters. The Morgan fingerprint density at radius 2 is 1.47 bits per heavy atom. The van der Waals surface area contributed by atoms with Crippen LogP contribution in [0.4, 0.5) is 0 Å². The molecule has 8 heteroatoms. The van der Waals surface area contributed by atoms with E-state index < -0.39 is 0 Å². The Kier molecular flexibility index (Phi) is 10.1. The highest BCUT2D eigenvalue weighted by atomic mass is 127. The molecule has 0 radical (unpaired) electrons. The summed E-state index contributed by atoms with van der Waals surface area (Å²) in [6.07, 6.45) is 1.76. The van der Waals surface area contributed by atoms with Crippen LogP contribution in [-0.4, -0.2) is 32.2 Å². The Morgan fingerprint density at radius 3 is 2.00 bits per heavy atom. The Balaban J connectivity index is 0.00000363. The highest BCUT2D eigenvalue weighted by molar-refractivity contribution is 14.0. The molecule has 0 saturated heterocycles. The predicted octanol–water partition coefficient (Wildman–Crippen LogP) is 4.68. The third-order valence-corrected chi connectivity index (χ3v) is 4.65. The first-order valence-electron chi connectivity index (χ1n) is 9.96. The lowest BCUT2D eigenvalue weighted by atomic mass is 10.1. The van der Waals surface area contributed by atoms with E-state index in [0.29, 0.717) is 36.2 Å². The maximum absolute atomic E-state index is 5.90. The van der Waals surface area contributed by atoms with Gasteiger partial charge in [-0.3, -0.25) is 4.99 Å². The second kappa shape index (κ2) is 12.7. The third kappa shape index (κ3) is 7.01. The molecule has 0 amide bonds. The Hall–Kier alpha value is -3.01. The average molecular weight is 548 g/mol. The summed E-state index contributed by atoms with van der Waals surface area (Å²) in [5, 5.41) is 6.60. The van der Waals surface area contributed by atoms with Gasteiger partial charge in [0.1, 0.15) is 0 Å². The zero-order valence-electron chi connectivity index (χ0n) is 18.7. The van der Waals surface area contributed by atoms with Crippen LogP contribution < -0.4 is 24.8 Å². The van der Waals surface area contributed by atoms with Gasteiger partial charge < -0.3 is 24.8 Å². The molecule has 3 rings (SSSR count). The van der Waals surface area contributed by atoms with Crippen LogP contribution in [0.25, 0.3) is 0 Å². The number of ether oxygens (including phenoxy) is 3. The van der Waals surface area contributed by atoms with Crippen LogP contribution in [0.3, 0.4) is 0 Å². The molecule has 1 aromatic heterocycles. The maximum Gasteiger partial charge on any atom is 0.219 e. The van der Waals surface area contributed by atoms with E-state index in [-0.39, 0.29) is 24.0 Å². The molecule has 3 aromatic rings. The summed E-state index contributed by atoms with van der Waals surface area (Å²) in [6.45, 7) is 3.36. The van der Waals surface area contributed by atoms with E-state index in [1.165, 1.54) is 11.1 Å². The van der Waals surface area contributed by atoms with Crippen molar-refractivity contribution in [2.75, 3.05) is 21.3 Å². The molecule has 170 valence electrons. The van der Waals surface area contributed by atoms with Crippen molar-refractivity contribution >= 4 is 29.9 Å². The monoisotopic (exact) mass is 548 g/mol. The smallest absolute Gasteiger partial charge is 0.219 e. The van der Waals surface area contributed by atoms with Gasteiger partial charge in [-0.2, -0.15) is 0 Å². The minimum Gasteiger partial charge on any atom is -0.493 e. The highest BCUT2D eigenvalue weighted by Gasteiger charge is 2.13. The van der Waals surface area contributed by atoms with Crippen LogP contribution in [0, 0.1) is 6.92 Å². The zero-order chi connectivity index (χ0) is 22.1. The van der Waals surface area contributed by atoms with Gasteiger partial charge in [0.25, 0.3) is 0 Å². The highest BCUT2D eigenvalue weighted by Crippen LogP contribution is 2.39. The van der Waals surface area contributed by atoms with Crippen molar-refractivity contribution < 1.29 is 14.2 Å². The Labute approximate surface area is 206 Å². The number of para-hydroxylation sites is 1. The van der Waals surface area contributed by atoms with Crippen LogP contribution in [0.15, 0.2) is 65.8 Å². The Morgan fingerprint density at radius 1 is 0.875 bits per heavy atom. The van der Waals surface area contributed by atoms with Gasteiger partial charge in [-0.05, 0) is 30.2 Å².